The highest BCUT2D eigenvalue weighted by molar-refractivity contribution is 5.09. The quantitative estimate of drug-likeness (QED) is 0.766. The molecule has 0 bridgehead atoms. The van der Waals surface area contributed by atoms with E-state index in [1.807, 2.05) is 13.0 Å². The van der Waals surface area contributed by atoms with Crippen LogP contribution in [-0.2, 0) is 0 Å². The molecule has 1 aromatic rings. The first-order valence-corrected chi connectivity index (χ1v) is 4.64. The first-order valence-electron chi connectivity index (χ1n) is 4.64. The average molecular weight is 179 g/mol. The Morgan fingerprint density at radius 2 is 2.00 bits per heavy atom. The third-order valence-corrected chi connectivity index (χ3v) is 2.23. The summed E-state index contributed by atoms with van der Waals surface area (Å²) >= 11 is 0. The van der Waals surface area contributed by atoms with E-state index < -0.39 is 0 Å². The number of hydrogen-bond donors (Lipinski definition) is 1. The lowest BCUT2D eigenvalue weighted by molar-refractivity contribution is 0.426. The van der Waals surface area contributed by atoms with Gasteiger partial charge < -0.3 is 5.73 Å². The topological polar surface area (TPSA) is 51.8 Å². The van der Waals surface area contributed by atoms with Crippen molar-refractivity contribution >= 4 is 0 Å². The molecule has 1 rings (SSSR count). The molecule has 2 atom stereocenters. The van der Waals surface area contributed by atoms with E-state index in [-0.39, 0.29) is 6.04 Å². The monoisotopic (exact) mass is 179 g/mol. The molecular weight excluding hydrogens is 162 g/mol. The second kappa shape index (κ2) is 4.33. The number of aromatic nitrogens is 2. The second-order valence-corrected chi connectivity index (χ2v) is 3.76. The van der Waals surface area contributed by atoms with E-state index in [0.717, 1.165) is 5.69 Å². The number of hydrogen-bond acceptors (Lipinski definition) is 3. The van der Waals surface area contributed by atoms with Gasteiger partial charge in [0.15, 0.2) is 0 Å². The predicted molar refractivity (Wildman–Crippen MR) is 53.3 cm³/mol. The van der Waals surface area contributed by atoms with Crippen molar-refractivity contribution in [1.82, 2.24) is 9.97 Å². The molecule has 0 spiro atoms. The molecule has 2 N–H and O–H groups in total. The summed E-state index contributed by atoms with van der Waals surface area (Å²) < 4.78 is 0. The summed E-state index contributed by atoms with van der Waals surface area (Å²) in [5, 5.41) is 0. The maximum absolute atomic E-state index is 5.91. The zero-order chi connectivity index (χ0) is 9.84. The van der Waals surface area contributed by atoms with Crippen LogP contribution in [0.2, 0.25) is 0 Å². The maximum atomic E-state index is 5.91. The van der Waals surface area contributed by atoms with Crippen LogP contribution in [0, 0.1) is 5.92 Å². The van der Waals surface area contributed by atoms with Crippen LogP contribution in [0.4, 0.5) is 0 Å². The van der Waals surface area contributed by atoms with Crippen LogP contribution in [0.15, 0.2) is 18.6 Å². The van der Waals surface area contributed by atoms with Gasteiger partial charge in [0.1, 0.15) is 6.33 Å². The van der Waals surface area contributed by atoms with Crippen molar-refractivity contribution in [2.45, 2.75) is 32.7 Å². The molecule has 13 heavy (non-hydrogen) atoms. The third kappa shape index (κ3) is 2.49. The van der Waals surface area contributed by atoms with Crippen LogP contribution < -0.4 is 5.73 Å². The highest BCUT2D eigenvalue weighted by atomic mass is 14.8. The lowest BCUT2D eigenvalue weighted by Crippen LogP contribution is -2.29. The summed E-state index contributed by atoms with van der Waals surface area (Å²) in [5.41, 5.74) is 6.95. The van der Waals surface area contributed by atoms with Crippen LogP contribution >= 0.6 is 0 Å². The van der Waals surface area contributed by atoms with Crippen molar-refractivity contribution in [3.63, 3.8) is 0 Å². The Morgan fingerprint density at radius 1 is 1.31 bits per heavy atom. The van der Waals surface area contributed by atoms with E-state index >= 15 is 0 Å². The zero-order valence-corrected chi connectivity index (χ0v) is 8.44. The molecule has 0 radical (unpaired) electrons. The average Bonchev–Trinajstić information content (AvgIpc) is 2.04. The molecule has 0 aliphatic carbocycles. The molecule has 72 valence electrons. The van der Waals surface area contributed by atoms with E-state index in [0.29, 0.717) is 11.8 Å². The Morgan fingerprint density at radius 3 is 2.38 bits per heavy atom. The Bertz CT molecular complexity index is 236. The van der Waals surface area contributed by atoms with E-state index in [2.05, 4.69) is 23.8 Å². The van der Waals surface area contributed by atoms with Gasteiger partial charge in [-0.15, -0.1) is 0 Å². The molecule has 0 saturated heterocycles. The van der Waals surface area contributed by atoms with E-state index in [4.69, 9.17) is 5.73 Å². The normalized spacial score (nSPS) is 15.8. The van der Waals surface area contributed by atoms with Crippen molar-refractivity contribution in [2.24, 2.45) is 11.7 Å². The van der Waals surface area contributed by atoms with Gasteiger partial charge in [0.05, 0.1) is 0 Å². The molecule has 0 aliphatic heterocycles. The lowest BCUT2D eigenvalue weighted by Gasteiger charge is -2.23. The predicted octanol–water partition coefficient (Wildman–Crippen LogP) is 1.56. The van der Waals surface area contributed by atoms with Gasteiger partial charge in [-0.2, -0.15) is 0 Å². The fraction of sp³-hybridized carbons (Fsp3) is 0.600. The first kappa shape index (κ1) is 10.1. The van der Waals surface area contributed by atoms with Gasteiger partial charge in [0.25, 0.3) is 0 Å². The van der Waals surface area contributed by atoms with Gasteiger partial charge in [0.2, 0.25) is 0 Å². The summed E-state index contributed by atoms with van der Waals surface area (Å²) in [5.74, 6) is 0.831. The van der Waals surface area contributed by atoms with Crippen LogP contribution in [-0.4, -0.2) is 16.0 Å². The Kier molecular flexibility index (Phi) is 3.37. The maximum Gasteiger partial charge on any atom is 0.115 e. The highest BCUT2D eigenvalue weighted by Gasteiger charge is 2.20. The SMILES string of the molecule is CC(C)C(c1ccncn1)C(C)N. The summed E-state index contributed by atoms with van der Waals surface area (Å²) in [7, 11) is 0. The van der Waals surface area contributed by atoms with Crippen molar-refractivity contribution in [3.8, 4) is 0 Å². The van der Waals surface area contributed by atoms with E-state index in [1.165, 1.54) is 0 Å². The second-order valence-electron chi connectivity index (χ2n) is 3.76. The summed E-state index contributed by atoms with van der Waals surface area (Å²) in [6.45, 7) is 6.35. The molecule has 0 fully saturated rings. The molecule has 0 aliphatic rings. The third-order valence-electron chi connectivity index (χ3n) is 2.23. The van der Waals surface area contributed by atoms with Gasteiger partial charge in [-0.25, -0.2) is 9.97 Å². The highest BCUT2D eigenvalue weighted by Crippen LogP contribution is 2.24. The molecule has 0 saturated carbocycles. The summed E-state index contributed by atoms with van der Waals surface area (Å²) in [6, 6.07) is 2.07. The zero-order valence-electron chi connectivity index (χ0n) is 8.44. The standard InChI is InChI=1S/C10H17N3/c1-7(2)10(8(3)11)9-4-5-12-6-13-9/h4-8,10H,11H2,1-3H3. The van der Waals surface area contributed by atoms with Crippen molar-refractivity contribution < 1.29 is 0 Å². The van der Waals surface area contributed by atoms with Crippen LogP contribution in [0.25, 0.3) is 0 Å². The summed E-state index contributed by atoms with van der Waals surface area (Å²) in [4.78, 5) is 8.12. The minimum atomic E-state index is 0.134. The molecular formula is C10H17N3. The number of nitrogens with zero attached hydrogens (tertiary/aromatic N) is 2. The Hall–Kier alpha value is -0.960. The first-order chi connectivity index (χ1) is 6.13. The number of rotatable bonds is 3. The van der Waals surface area contributed by atoms with Gasteiger partial charge in [-0.05, 0) is 18.9 Å². The fourth-order valence-corrected chi connectivity index (χ4v) is 1.72. The molecule has 3 heteroatoms. The minimum Gasteiger partial charge on any atom is -0.327 e. The Balaban J connectivity index is 2.89. The van der Waals surface area contributed by atoms with Crippen LogP contribution in [0.1, 0.15) is 32.4 Å². The van der Waals surface area contributed by atoms with Crippen LogP contribution in [0.3, 0.4) is 0 Å². The summed E-state index contributed by atoms with van der Waals surface area (Å²) in [6.07, 6.45) is 3.34. The largest absolute Gasteiger partial charge is 0.327 e. The Labute approximate surface area is 79.4 Å². The lowest BCUT2D eigenvalue weighted by atomic mass is 9.87. The van der Waals surface area contributed by atoms with Gasteiger partial charge >= 0.3 is 0 Å². The van der Waals surface area contributed by atoms with Crippen molar-refractivity contribution in [3.05, 3.63) is 24.3 Å². The molecule has 2 unspecified atom stereocenters. The minimum absolute atomic E-state index is 0.134. The van der Waals surface area contributed by atoms with Gasteiger partial charge in [-0.1, -0.05) is 13.8 Å². The van der Waals surface area contributed by atoms with Crippen molar-refractivity contribution in [1.29, 1.82) is 0 Å². The fourth-order valence-electron chi connectivity index (χ4n) is 1.72. The molecule has 1 heterocycles. The molecule has 1 aromatic heterocycles. The number of nitrogens with two attached hydrogens (primary N) is 1. The smallest absolute Gasteiger partial charge is 0.115 e. The van der Waals surface area contributed by atoms with Crippen molar-refractivity contribution in [2.75, 3.05) is 0 Å². The van der Waals surface area contributed by atoms with Crippen LogP contribution in [0.5, 0.6) is 0 Å². The van der Waals surface area contributed by atoms with E-state index in [9.17, 15) is 0 Å². The van der Waals surface area contributed by atoms with Gasteiger partial charge in [0, 0.05) is 23.9 Å². The molecule has 0 aromatic carbocycles. The van der Waals surface area contributed by atoms with E-state index in [1.54, 1.807) is 12.5 Å². The van der Waals surface area contributed by atoms with Gasteiger partial charge in [-0.3, -0.25) is 0 Å². The molecule has 0 amide bonds. The molecule has 3 nitrogen and oxygen atoms in total.